The SMILES string of the molecule is Cc1ccc([S@@](=O)/C(=C/[Si](C)(C)C)[C@@H](O)c2ccccc2)cc1. The monoisotopic (exact) mass is 344 g/mol. The van der Waals surface area contributed by atoms with E-state index in [-0.39, 0.29) is 0 Å². The van der Waals surface area contributed by atoms with Crippen LogP contribution in [0.4, 0.5) is 0 Å². The molecule has 0 heterocycles. The van der Waals surface area contributed by atoms with Gasteiger partial charge >= 0.3 is 0 Å². The molecule has 0 aliphatic carbocycles. The van der Waals surface area contributed by atoms with Crippen LogP contribution < -0.4 is 0 Å². The smallest absolute Gasteiger partial charge is 0.112 e. The molecule has 2 aromatic carbocycles. The first-order valence-corrected chi connectivity index (χ1v) is 12.4. The number of aliphatic hydroxyl groups excluding tert-OH is 1. The van der Waals surface area contributed by atoms with Crippen molar-refractivity contribution in [3.8, 4) is 0 Å². The van der Waals surface area contributed by atoms with Gasteiger partial charge in [-0.2, -0.15) is 0 Å². The van der Waals surface area contributed by atoms with Gasteiger partial charge in [0.15, 0.2) is 0 Å². The first-order valence-electron chi connectivity index (χ1n) is 7.72. The summed E-state index contributed by atoms with van der Waals surface area (Å²) in [6.45, 7) is 8.54. The van der Waals surface area contributed by atoms with E-state index >= 15 is 0 Å². The second-order valence-electron chi connectivity index (χ2n) is 6.81. The molecule has 0 aromatic heterocycles. The van der Waals surface area contributed by atoms with Gasteiger partial charge in [0.25, 0.3) is 0 Å². The van der Waals surface area contributed by atoms with Crippen molar-refractivity contribution in [1.29, 1.82) is 0 Å². The highest BCUT2D eigenvalue weighted by molar-refractivity contribution is 7.89. The van der Waals surface area contributed by atoms with Gasteiger partial charge in [0.2, 0.25) is 0 Å². The Hall–Kier alpha value is -1.49. The molecule has 0 fully saturated rings. The fraction of sp³-hybridized carbons (Fsp3) is 0.263. The molecule has 2 atom stereocenters. The summed E-state index contributed by atoms with van der Waals surface area (Å²) in [4.78, 5) is 1.33. The molecule has 0 aliphatic heterocycles. The maximum absolute atomic E-state index is 13.1. The van der Waals surface area contributed by atoms with E-state index in [2.05, 4.69) is 25.3 Å². The molecule has 0 radical (unpaired) electrons. The second-order valence-corrected chi connectivity index (χ2v) is 13.3. The highest BCUT2D eigenvalue weighted by Crippen LogP contribution is 2.29. The van der Waals surface area contributed by atoms with Gasteiger partial charge in [-0.3, -0.25) is 0 Å². The molecule has 0 saturated heterocycles. The lowest BCUT2D eigenvalue weighted by Gasteiger charge is -2.19. The maximum atomic E-state index is 13.1. The molecule has 0 bridgehead atoms. The van der Waals surface area contributed by atoms with Crippen molar-refractivity contribution in [2.75, 3.05) is 0 Å². The highest BCUT2D eigenvalue weighted by Gasteiger charge is 2.24. The molecule has 0 spiro atoms. The van der Waals surface area contributed by atoms with Crippen molar-refractivity contribution in [3.05, 3.63) is 76.3 Å². The van der Waals surface area contributed by atoms with Crippen molar-refractivity contribution >= 4 is 18.9 Å². The third kappa shape index (κ3) is 4.99. The van der Waals surface area contributed by atoms with E-state index in [0.29, 0.717) is 4.91 Å². The van der Waals surface area contributed by atoms with Crippen LogP contribution in [0.3, 0.4) is 0 Å². The fourth-order valence-electron chi connectivity index (χ4n) is 2.26. The van der Waals surface area contributed by atoms with E-state index in [1.165, 1.54) is 0 Å². The standard InChI is InChI=1S/C19H24O2SSi/c1-15-10-12-17(13-11-15)22(21)18(14-23(2,3)4)19(20)16-8-6-5-7-9-16/h5-14,19-20H,1-4H3/b18-14+/t19-,22+/m0/s1. The van der Waals surface area contributed by atoms with E-state index in [4.69, 9.17) is 0 Å². The van der Waals surface area contributed by atoms with Gasteiger partial charge in [0.1, 0.15) is 6.10 Å². The molecule has 2 aromatic rings. The summed E-state index contributed by atoms with van der Waals surface area (Å²) in [6.07, 6.45) is -0.843. The van der Waals surface area contributed by atoms with Crippen LogP contribution in [0.1, 0.15) is 17.2 Å². The lowest BCUT2D eigenvalue weighted by atomic mass is 10.1. The molecule has 122 valence electrons. The third-order valence-electron chi connectivity index (χ3n) is 3.41. The Morgan fingerprint density at radius 3 is 2.13 bits per heavy atom. The molecule has 0 saturated carbocycles. The molecule has 0 aliphatic rings. The van der Waals surface area contributed by atoms with Gasteiger partial charge in [-0.05, 0) is 24.6 Å². The highest BCUT2D eigenvalue weighted by atomic mass is 32.2. The number of hydrogen-bond donors (Lipinski definition) is 1. The Labute approximate surface area is 142 Å². The largest absolute Gasteiger partial charge is 0.383 e. The predicted octanol–water partition coefficient (Wildman–Crippen LogP) is 4.60. The minimum atomic E-state index is -1.64. The van der Waals surface area contributed by atoms with E-state index in [0.717, 1.165) is 16.0 Å². The summed E-state index contributed by atoms with van der Waals surface area (Å²) in [7, 11) is -3.00. The second kappa shape index (κ2) is 7.38. The van der Waals surface area contributed by atoms with E-state index in [1.54, 1.807) is 0 Å². The van der Waals surface area contributed by atoms with Crippen molar-refractivity contribution < 1.29 is 9.32 Å². The Kier molecular flexibility index (Phi) is 5.73. The van der Waals surface area contributed by atoms with Crippen LogP contribution >= 0.6 is 0 Å². The molecule has 23 heavy (non-hydrogen) atoms. The van der Waals surface area contributed by atoms with Gasteiger partial charge in [0, 0.05) is 9.80 Å². The summed E-state index contributed by atoms with van der Waals surface area (Å²) in [6, 6.07) is 17.1. The first-order chi connectivity index (χ1) is 10.8. The first kappa shape index (κ1) is 17.9. The summed E-state index contributed by atoms with van der Waals surface area (Å²) in [5.41, 5.74) is 3.96. The van der Waals surface area contributed by atoms with Gasteiger partial charge in [-0.25, -0.2) is 4.21 Å². The Balaban J connectivity index is 2.44. The molecule has 4 heteroatoms. The van der Waals surface area contributed by atoms with Crippen LogP contribution in [-0.4, -0.2) is 17.4 Å². The van der Waals surface area contributed by atoms with E-state index < -0.39 is 25.0 Å². The van der Waals surface area contributed by atoms with Gasteiger partial charge in [-0.1, -0.05) is 73.4 Å². The Morgan fingerprint density at radius 2 is 1.61 bits per heavy atom. The van der Waals surface area contributed by atoms with E-state index in [9.17, 15) is 9.32 Å². The molecule has 1 N–H and O–H groups in total. The average molecular weight is 345 g/mol. The van der Waals surface area contributed by atoms with Crippen molar-refractivity contribution in [2.45, 2.75) is 37.6 Å². The minimum absolute atomic E-state index is 0.596. The lowest BCUT2D eigenvalue weighted by molar-refractivity contribution is 0.224. The normalized spacial score (nSPS) is 15.3. The molecule has 0 unspecified atom stereocenters. The van der Waals surface area contributed by atoms with Crippen LogP contribution in [0.25, 0.3) is 0 Å². The van der Waals surface area contributed by atoms with Gasteiger partial charge in [0.05, 0.1) is 18.9 Å². The van der Waals surface area contributed by atoms with Gasteiger partial charge < -0.3 is 5.11 Å². The van der Waals surface area contributed by atoms with Crippen molar-refractivity contribution in [1.82, 2.24) is 0 Å². The zero-order chi connectivity index (χ0) is 17.0. The quantitative estimate of drug-likeness (QED) is 0.805. The predicted molar refractivity (Wildman–Crippen MR) is 100 cm³/mol. The fourth-order valence-corrected chi connectivity index (χ4v) is 5.75. The summed E-state index contributed by atoms with van der Waals surface area (Å²) in [5.74, 6) is 0. The summed E-state index contributed by atoms with van der Waals surface area (Å²) in [5, 5.41) is 10.8. The molecule has 0 amide bonds. The van der Waals surface area contributed by atoms with Crippen LogP contribution in [-0.2, 0) is 10.8 Å². The number of aliphatic hydroxyl groups is 1. The molecular formula is C19H24O2SSi. The molecule has 2 rings (SSSR count). The van der Waals surface area contributed by atoms with Crippen LogP contribution in [0.15, 0.2) is 70.1 Å². The summed E-state index contributed by atoms with van der Waals surface area (Å²) < 4.78 is 13.1. The summed E-state index contributed by atoms with van der Waals surface area (Å²) >= 11 is 0. The Bertz CT molecular complexity index is 700. The maximum Gasteiger partial charge on any atom is 0.112 e. The van der Waals surface area contributed by atoms with Crippen LogP contribution in [0, 0.1) is 6.92 Å². The van der Waals surface area contributed by atoms with Gasteiger partial charge in [-0.15, -0.1) is 0 Å². The lowest BCUT2D eigenvalue weighted by Crippen LogP contribution is -2.20. The van der Waals surface area contributed by atoms with E-state index in [1.807, 2.05) is 61.5 Å². The zero-order valence-electron chi connectivity index (χ0n) is 14.1. The molecule has 2 nitrogen and oxygen atoms in total. The topological polar surface area (TPSA) is 37.3 Å². The number of benzene rings is 2. The number of hydrogen-bond acceptors (Lipinski definition) is 2. The number of rotatable bonds is 5. The minimum Gasteiger partial charge on any atom is -0.383 e. The zero-order valence-corrected chi connectivity index (χ0v) is 15.9. The molecular weight excluding hydrogens is 320 g/mol. The number of aryl methyl sites for hydroxylation is 1. The third-order valence-corrected chi connectivity index (χ3v) is 6.27. The average Bonchev–Trinajstić information content (AvgIpc) is 2.52. The van der Waals surface area contributed by atoms with Crippen LogP contribution in [0.2, 0.25) is 19.6 Å². The van der Waals surface area contributed by atoms with Crippen LogP contribution in [0.5, 0.6) is 0 Å². The Morgan fingerprint density at radius 1 is 1.04 bits per heavy atom. The van der Waals surface area contributed by atoms with Crippen molar-refractivity contribution in [2.24, 2.45) is 0 Å². The van der Waals surface area contributed by atoms with Crippen molar-refractivity contribution in [3.63, 3.8) is 0 Å².